The Kier molecular flexibility index (Phi) is 1.81. The summed E-state index contributed by atoms with van der Waals surface area (Å²) in [7, 11) is 0. The smallest absolute Gasteiger partial charge is 0.138 e. The average molecular weight is 196 g/mol. The number of rotatable bonds is 1. The van der Waals surface area contributed by atoms with Crippen LogP contribution in [0.4, 0.5) is 5.82 Å². The van der Waals surface area contributed by atoms with E-state index in [-0.39, 0.29) is 0 Å². The molecule has 1 aromatic heterocycles. The van der Waals surface area contributed by atoms with Crippen molar-refractivity contribution in [1.82, 2.24) is 9.78 Å². The number of anilines is 1. The first-order valence-corrected chi connectivity index (χ1v) is 4.91. The van der Waals surface area contributed by atoms with Crippen molar-refractivity contribution in [3.63, 3.8) is 0 Å². The molecule has 0 unspecified atom stereocenters. The molecule has 1 aliphatic heterocycles. The Morgan fingerprint density at radius 3 is 3.00 bits per heavy atom. The molecule has 0 aliphatic carbocycles. The highest BCUT2D eigenvalue weighted by Crippen LogP contribution is 2.22. The predicted octanol–water partition coefficient (Wildman–Crippen LogP) is 2.00. The van der Waals surface area contributed by atoms with Gasteiger partial charge in [0.2, 0.25) is 0 Å². The molecule has 1 aromatic carbocycles. The second-order valence-corrected chi connectivity index (χ2v) is 3.39. The third-order valence-electron chi connectivity index (χ3n) is 2.45. The lowest BCUT2D eigenvalue weighted by Gasteiger charge is -2.17. The summed E-state index contributed by atoms with van der Waals surface area (Å²) < 4.78 is 1.87. The number of hydrogen-bond acceptors (Lipinski definition) is 2. The van der Waals surface area contributed by atoms with Crippen molar-refractivity contribution in [2.24, 2.45) is 0 Å². The number of nitrogens with one attached hydrogen (secondary N) is 1. The Labute approximate surface area is 88.0 Å². The number of benzene rings is 1. The summed E-state index contributed by atoms with van der Waals surface area (Å²) in [5.41, 5.74) is 2.29. The number of aromatic nitrogens is 2. The molecule has 0 spiro atoms. The number of hydrogen-bond donors (Lipinski definition) is 1. The van der Waals surface area contributed by atoms with E-state index in [1.54, 1.807) is 6.20 Å². The van der Waals surface area contributed by atoms with Crippen LogP contribution >= 0.6 is 0 Å². The SMILES string of the molecule is [c]1cnn2c1NCC=C2c1ccccc1. The van der Waals surface area contributed by atoms with E-state index >= 15 is 0 Å². The molecule has 0 fully saturated rings. The zero-order chi connectivity index (χ0) is 10.1. The van der Waals surface area contributed by atoms with E-state index in [1.807, 2.05) is 22.9 Å². The largest absolute Gasteiger partial charge is 0.366 e. The van der Waals surface area contributed by atoms with Crippen molar-refractivity contribution in [3.8, 4) is 0 Å². The maximum absolute atomic E-state index is 4.24. The molecule has 0 amide bonds. The van der Waals surface area contributed by atoms with E-state index in [0.717, 1.165) is 18.1 Å². The van der Waals surface area contributed by atoms with Crippen LogP contribution in [0.15, 0.2) is 42.6 Å². The highest BCUT2D eigenvalue weighted by atomic mass is 15.3. The summed E-state index contributed by atoms with van der Waals surface area (Å²) in [6.45, 7) is 0.826. The molecule has 3 heteroatoms. The maximum atomic E-state index is 4.24. The van der Waals surface area contributed by atoms with Crippen molar-refractivity contribution in [3.05, 3.63) is 54.2 Å². The lowest BCUT2D eigenvalue weighted by Crippen LogP contribution is -2.14. The Hall–Kier alpha value is -2.03. The highest BCUT2D eigenvalue weighted by molar-refractivity contribution is 5.70. The summed E-state index contributed by atoms with van der Waals surface area (Å²) >= 11 is 0. The van der Waals surface area contributed by atoms with Crippen LogP contribution in [0, 0.1) is 6.07 Å². The van der Waals surface area contributed by atoms with Crippen molar-refractivity contribution in [2.75, 3.05) is 11.9 Å². The second-order valence-electron chi connectivity index (χ2n) is 3.39. The molecule has 1 N–H and O–H groups in total. The minimum atomic E-state index is 0.826. The van der Waals surface area contributed by atoms with E-state index < -0.39 is 0 Å². The van der Waals surface area contributed by atoms with E-state index in [2.05, 4.69) is 34.7 Å². The van der Waals surface area contributed by atoms with Crippen LogP contribution in [-0.2, 0) is 0 Å². The van der Waals surface area contributed by atoms with Crippen LogP contribution < -0.4 is 5.32 Å². The van der Waals surface area contributed by atoms with E-state index in [0.29, 0.717) is 0 Å². The quantitative estimate of drug-likeness (QED) is 0.756. The molecule has 2 heterocycles. The van der Waals surface area contributed by atoms with Gasteiger partial charge in [0.1, 0.15) is 5.82 Å². The van der Waals surface area contributed by atoms with Gasteiger partial charge in [0.25, 0.3) is 0 Å². The molecule has 1 radical (unpaired) electrons. The van der Waals surface area contributed by atoms with Crippen LogP contribution in [0.25, 0.3) is 5.70 Å². The van der Waals surface area contributed by atoms with Crippen LogP contribution in [0.5, 0.6) is 0 Å². The first-order valence-electron chi connectivity index (χ1n) is 4.91. The zero-order valence-corrected chi connectivity index (χ0v) is 8.14. The molecule has 0 saturated heterocycles. The first-order chi connectivity index (χ1) is 7.45. The number of fused-ring (bicyclic) bond motifs is 1. The van der Waals surface area contributed by atoms with Gasteiger partial charge >= 0.3 is 0 Å². The molecular formula is C12H10N3. The third-order valence-corrected chi connectivity index (χ3v) is 2.45. The molecule has 73 valence electrons. The standard InChI is InChI=1S/C12H10N3/c1-2-4-10(5-3-1)11-6-8-13-12-7-9-14-15(11)12/h1-6,9,13H,8H2. The van der Waals surface area contributed by atoms with E-state index in [4.69, 9.17) is 0 Å². The van der Waals surface area contributed by atoms with Gasteiger partial charge in [-0.05, 0) is 11.6 Å². The fraction of sp³-hybridized carbons (Fsp3) is 0.0833. The summed E-state index contributed by atoms with van der Waals surface area (Å²) in [5, 5.41) is 7.46. The zero-order valence-electron chi connectivity index (χ0n) is 8.14. The van der Waals surface area contributed by atoms with Gasteiger partial charge in [-0.15, -0.1) is 0 Å². The Morgan fingerprint density at radius 1 is 1.27 bits per heavy atom. The molecule has 15 heavy (non-hydrogen) atoms. The normalized spacial score (nSPS) is 14.0. The maximum Gasteiger partial charge on any atom is 0.138 e. The van der Waals surface area contributed by atoms with E-state index in [9.17, 15) is 0 Å². The molecule has 0 saturated carbocycles. The Bertz CT molecular complexity index is 497. The van der Waals surface area contributed by atoms with Crippen LogP contribution in [0.1, 0.15) is 5.56 Å². The highest BCUT2D eigenvalue weighted by Gasteiger charge is 2.12. The fourth-order valence-electron chi connectivity index (χ4n) is 1.76. The van der Waals surface area contributed by atoms with Crippen LogP contribution in [-0.4, -0.2) is 16.3 Å². The lowest BCUT2D eigenvalue weighted by atomic mass is 10.1. The topological polar surface area (TPSA) is 29.9 Å². The minimum absolute atomic E-state index is 0.826. The third kappa shape index (κ3) is 1.32. The Morgan fingerprint density at radius 2 is 2.13 bits per heavy atom. The molecule has 0 atom stereocenters. The van der Waals surface area contributed by atoms with Crippen LogP contribution in [0.2, 0.25) is 0 Å². The summed E-state index contributed by atoms with van der Waals surface area (Å²) in [6.07, 6.45) is 3.81. The van der Waals surface area contributed by atoms with E-state index in [1.165, 1.54) is 5.56 Å². The van der Waals surface area contributed by atoms with Gasteiger partial charge in [-0.3, -0.25) is 0 Å². The Balaban J connectivity index is 2.12. The molecule has 3 nitrogen and oxygen atoms in total. The van der Waals surface area contributed by atoms with Gasteiger partial charge < -0.3 is 5.32 Å². The molecule has 3 rings (SSSR count). The van der Waals surface area contributed by atoms with Crippen LogP contribution in [0.3, 0.4) is 0 Å². The van der Waals surface area contributed by atoms with Gasteiger partial charge in [0, 0.05) is 12.6 Å². The summed E-state index contributed by atoms with van der Waals surface area (Å²) in [6, 6.07) is 13.3. The van der Waals surface area contributed by atoms with Gasteiger partial charge in [-0.2, -0.15) is 5.10 Å². The van der Waals surface area contributed by atoms with Gasteiger partial charge in [0.05, 0.1) is 11.9 Å². The average Bonchev–Trinajstić information content (AvgIpc) is 2.78. The van der Waals surface area contributed by atoms with Crippen molar-refractivity contribution >= 4 is 11.5 Å². The van der Waals surface area contributed by atoms with Gasteiger partial charge in [-0.25, -0.2) is 4.68 Å². The van der Waals surface area contributed by atoms with Gasteiger partial charge in [-0.1, -0.05) is 30.3 Å². The van der Waals surface area contributed by atoms with Crippen molar-refractivity contribution in [2.45, 2.75) is 0 Å². The lowest BCUT2D eigenvalue weighted by molar-refractivity contribution is 0.886. The minimum Gasteiger partial charge on any atom is -0.366 e. The molecule has 0 bridgehead atoms. The second kappa shape index (κ2) is 3.28. The molecular weight excluding hydrogens is 186 g/mol. The number of nitrogens with zero attached hydrogens (tertiary/aromatic N) is 2. The summed E-state index contributed by atoms with van der Waals surface area (Å²) in [5.74, 6) is 0.927. The van der Waals surface area contributed by atoms with Gasteiger partial charge in [0.15, 0.2) is 0 Å². The molecule has 1 aliphatic rings. The van der Waals surface area contributed by atoms with Crippen molar-refractivity contribution in [1.29, 1.82) is 0 Å². The first kappa shape index (κ1) is 8.29. The fourth-order valence-corrected chi connectivity index (χ4v) is 1.76. The molecule has 2 aromatic rings. The summed E-state index contributed by atoms with van der Waals surface area (Å²) in [4.78, 5) is 0. The predicted molar refractivity (Wildman–Crippen MR) is 59.4 cm³/mol. The monoisotopic (exact) mass is 196 g/mol. The van der Waals surface area contributed by atoms with Crippen molar-refractivity contribution < 1.29 is 0 Å².